The summed E-state index contributed by atoms with van der Waals surface area (Å²) in [5, 5.41) is 2.21. The maximum absolute atomic E-state index is 12.7. The standard InChI is InChI=1S/C14H12F3N3O/c1-8-2-3-9(7-19-8)11-5-4-10(14(15,16)17)6-12(11)20-13(18)21/h2-7H,1H3,(H3,18,20,21). The van der Waals surface area contributed by atoms with E-state index in [1.165, 1.54) is 12.3 Å². The predicted octanol–water partition coefficient (Wildman–Crippen LogP) is 3.57. The number of alkyl halides is 3. The minimum Gasteiger partial charge on any atom is -0.351 e. The van der Waals surface area contributed by atoms with Crippen molar-refractivity contribution in [2.24, 2.45) is 5.73 Å². The fraction of sp³-hybridized carbons (Fsp3) is 0.143. The Morgan fingerprint density at radius 3 is 2.48 bits per heavy atom. The lowest BCUT2D eigenvalue weighted by Crippen LogP contribution is -2.20. The number of hydrogen-bond acceptors (Lipinski definition) is 2. The Bertz CT molecular complexity index is 666. The van der Waals surface area contributed by atoms with Crippen molar-refractivity contribution in [1.29, 1.82) is 0 Å². The van der Waals surface area contributed by atoms with Gasteiger partial charge < -0.3 is 11.1 Å². The van der Waals surface area contributed by atoms with E-state index in [4.69, 9.17) is 5.73 Å². The first-order chi connectivity index (χ1) is 9.77. The molecule has 1 aromatic heterocycles. The maximum Gasteiger partial charge on any atom is 0.416 e. The van der Waals surface area contributed by atoms with Crippen molar-refractivity contribution in [2.75, 3.05) is 5.32 Å². The summed E-state index contributed by atoms with van der Waals surface area (Å²) < 4.78 is 38.2. The van der Waals surface area contributed by atoms with E-state index in [2.05, 4.69) is 10.3 Å². The number of carbonyl (C=O) groups is 1. The van der Waals surface area contributed by atoms with Gasteiger partial charge in [-0.25, -0.2) is 4.79 Å². The number of carbonyl (C=O) groups excluding carboxylic acids is 1. The number of anilines is 1. The smallest absolute Gasteiger partial charge is 0.351 e. The quantitative estimate of drug-likeness (QED) is 0.889. The molecule has 21 heavy (non-hydrogen) atoms. The molecule has 2 aromatic rings. The molecule has 110 valence electrons. The molecule has 7 heteroatoms. The van der Waals surface area contributed by atoms with E-state index < -0.39 is 17.8 Å². The highest BCUT2D eigenvalue weighted by molar-refractivity contribution is 5.93. The van der Waals surface area contributed by atoms with Gasteiger partial charge in [-0.3, -0.25) is 4.98 Å². The van der Waals surface area contributed by atoms with Crippen molar-refractivity contribution in [1.82, 2.24) is 4.98 Å². The topological polar surface area (TPSA) is 68.0 Å². The summed E-state index contributed by atoms with van der Waals surface area (Å²) >= 11 is 0. The molecule has 0 aliphatic rings. The molecule has 0 saturated carbocycles. The molecule has 0 aliphatic carbocycles. The lowest BCUT2D eigenvalue weighted by atomic mass is 10.0. The van der Waals surface area contributed by atoms with Crippen LogP contribution in [0.3, 0.4) is 0 Å². The van der Waals surface area contributed by atoms with Gasteiger partial charge in [0.1, 0.15) is 0 Å². The number of primary amides is 1. The van der Waals surface area contributed by atoms with E-state index in [0.717, 1.165) is 17.8 Å². The Kier molecular flexibility index (Phi) is 3.84. The molecule has 0 fully saturated rings. The fourth-order valence-electron chi connectivity index (χ4n) is 1.84. The van der Waals surface area contributed by atoms with Crippen LogP contribution in [0.25, 0.3) is 11.1 Å². The Labute approximate surface area is 118 Å². The molecule has 2 rings (SSSR count). The van der Waals surface area contributed by atoms with E-state index in [1.807, 2.05) is 0 Å². The lowest BCUT2D eigenvalue weighted by Gasteiger charge is -2.14. The van der Waals surface area contributed by atoms with E-state index in [9.17, 15) is 18.0 Å². The van der Waals surface area contributed by atoms with Crippen LogP contribution in [0.15, 0.2) is 36.5 Å². The number of aryl methyl sites for hydroxylation is 1. The van der Waals surface area contributed by atoms with Crippen LogP contribution >= 0.6 is 0 Å². The van der Waals surface area contributed by atoms with E-state index in [-0.39, 0.29) is 5.69 Å². The number of nitrogens with one attached hydrogen (secondary N) is 1. The monoisotopic (exact) mass is 295 g/mol. The SMILES string of the molecule is Cc1ccc(-c2ccc(C(F)(F)F)cc2NC(N)=O)cn1. The average molecular weight is 295 g/mol. The van der Waals surface area contributed by atoms with Crippen molar-refractivity contribution < 1.29 is 18.0 Å². The second kappa shape index (κ2) is 5.43. The number of amides is 2. The highest BCUT2D eigenvalue weighted by Crippen LogP contribution is 2.35. The van der Waals surface area contributed by atoms with Crippen LogP contribution in [0.4, 0.5) is 23.7 Å². The van der Waals surface area contributed by atoms with Crippen molar-refractivity contribution >= 4 is 11.7 Å². The van der Waals surface area contributed by atoms with Crippen molar-refractivity contribution in [3.8, 4) is 11.1 Å². The third-order valence-electron chi connectivity index (χ3n) is 2.83. The predicted molar refractivity (Wildman–Crippen MR) is 72.6 cm³/mol. The molecule has 0 unspecified atom stereocenters. The van der Waals surface area contributed by atoms with Gasteiger partial charge in [0.05, 0.1) is 11.3 Å². The molecule has 0 spiro atoms. The third-order valence-corrected chi connectivity index (χ3v) is 2.83. The number of nitrogens with two attached hydrogens (primary N) is 1. The van der Waals surface area contributed by atoms with Crippen LogP contribution in [-0.2, 0) is 6.18 Å². The number of benzene rings is 1. The zero-order valence-corrected chi connectivity index (χ0v) is 11.0. The summed E-state index contributed by atoms with van der Waals surface area (Å²) in [5.74, 6) is 0. The van der Waals surface area contributed by atoms with Gasteiger partial charge in [0.25, 0.3) is 0 Å². The van der Waals surface area contributed by atoms with Gasteiger partial charge in [-0.05, 0) is 25.1 Å². The van der Waals surface area contributed by atoms with Crippen LogP contribution in [0.2, 0.25) is 0 Å². The molecule has 0 radical (unpaired) electrons. The molecule has 0 atom stereocenters. The zero-order valence-electron chi connectivity index (χ0n) is 11.0. The first-order valence-corrected chi connectivity index (χ1v) is 5.98. The van der Waals surface area contributed by atoms with Crippen LogP contribution in [0.1, 0.15) is 11.3 Å². The van der Waals surface area contributed by atoms with Gasteiger partial charge in [-0.2, -0.15) is 13.2 Å². The molecule has 1 aromatic carbocycles. The van der Waals surface area contributed by atoms with E-state index in [1.54, 1.807) is 19.1 Å². The molecule has 3 N–H and O–H groups in total. The minimum absolute atomic E-state index is 0.0111. The third kappa shape index (κ3) is 3.50. The number of rotatable bonds is 2. The molecular formula is C14H12F3N3O. The molecule has 4 nitrogen and oxygen atoms in total. The number of halogens is 3. The summed E-state index contributed by atoms with van der Waals surface area (Å²) in [6, 6.07) is 5.57. The van der Waals surface area contributed by atoms with Gasteiger partial charge in [0, 0.05) is 23.0 Å². The maximum atomic E-state index is 12.7. The molecular weight excluding hydrogens is 283 g/mol. The van der Waals surface area contributed by atoms with E-state index >= 15 is 0 Å². The normalized spacial score (nSPS) is 11.2. The van der Waals surface area contributed by atoms with Crippen molar-refractivity contribution in [3.63, 3.8) is 0 Å². The van der Waals surface area contributed by atoms with Gasteiger partial charge in [0.2, 0.25) is 0 Å². The van der Waals surface area contributed by atoms with Crippen molar-refractivity contribution in [2.45, 2.75) is 13.1 Å². The Morgan fingerprint density at radius 1 is 1.24 bits per heavy atom. The Morgan fingerprint density at radius 2 is 1.95 bits per heavy atom. The molecule has 0 aliphatic heterocycles. The Balaban J connectivity index is 2.54. The van der Waals surface area contributed by atoms with Gasteiger partial charge >= 0.3 is 12.2 Å². The van der Waals surface area contributed by atoms with Gasteiger partial charge in [-0.15, -0.1) is 0 Å². The second-order valence-electron chi connectivity index (χ2n) is 4.44. The largest absolute Gasteiger partial charge is 0.416 e. The summed E-state index contributed by atoms with van der Waals surface area (Å²) in [4.78, 5) is 15.1. The first kappa shape index (κ1) is 14.8. The summed E-state index contributed by atoms with van der Waals surface area (Å²) in [7, 11) is 0. The number of urea groups is 1. The molecule has 0 bridgehead atoms. The molecule has 2 amide bonds. The highest BCUT2D eigenvalue weighted by atomic mass is 19.4. The first-order valence-electron chi connectivity index (χ1n) is 5.98. The van der Waals surface area contributed by atoms with Crippen LogP contribution < -0.4 is 11.1 Å². The van der Waals surface area contributed by atoms with Crippen molar-refractivity contribution in [3.05, 3.63) is 47.8 Å². The lowest BCUT2D eigenvalue weighted by molar-refractivity contribution is -0.137. The summed E-state index contributed by atoms with van der Waals surface area (Å²) in [5.41, 5.74) is 5.90. The van der Waals surface area contributed by atoms with Gasteiger partial charge in [-0.1, -0.05) is 12.1 Å². The number of aromatic nitrogens is 1. The zero-order chi connectivity index (χ0) is 15.6. The number of hydrogen-bond donors (Lipinski definition) is 2. The Hall–Kier alpha value is -2.57. The average Bonchev–Trinajstić information content (AvgIpc) is 2.38. The fourth-order valence-corrected chi connectivity index (χ4v) is 1.84. The molecule has 1 heterocycles. The minimum atomic E-state index is -4.50. The van der Waals surface area contributed by atoms with Crippen LogP contribution in [-0.4, -0.2) is 11.0 Å². The number of nitrogens with zero attached hydrogens (tertiary/aromatic N) is 1. The molecule has 0 saturated heterocycles. The van der Waals surface area contributed by atoms with Crippen LogP contribution in [0.5, 0.6) is 0 Å². The van der Waals surface area contributed by atoms with E-state index in [0.29, 0.717) is 11.1 Å². The van der Waals surface area contributed by atoms with Crippen LogP contribution in [0, 0.1) is 6.92 Å². The van der Waals surface area contributed by atoms with Gasteiger partial charge in [0.15, 0.2) is 0 Å². The summed E-state index contributed by atoms with van der Waals surface area (Å²) in [6.45, 7) is 1.79. The second-order valence-corrected chi connectivity index (χ2v) is 4.44. The highest BCUT2D eigenvalue weighted by Gasteiger charge is 2.31. The number of pyridine rings is 1. The summed E-state index contributed by atoms with van der Waals surface area (Å²) in [6.07, 6.45) is -2.98.